The first kappa shape index (κ1) is 93.0. The van der Waals surface area contributed by atoms with Gasteiger partial charge in [-0.3, -0.25) is 28.8 Å². The number of hydrogen-bond acceptors (Lipinski definition) is 7. The normalized spacial score (nSPS) is 10.3. The van der Waals surface area contributed by atoms with Crippen molar-refractivity contribution >= 4 is 35.8 Å². The summed E-state index contributed by atoms with van der Waals surface area (Å²) in [5.41, 5.74) is 0. The zero-order chi connectivity index (χ0) is 64.6. The van der Waals surface area contributed by atoms with Crippen molar-refractivity contribution in [2.45, 2.75) is 427 Å². The van der Waals surface area contributed by atoms with Crippen LogP contribution in [0.15, 0.2) is 0 Å². The number of carboxylic acid groups (broad SMARTS) is 5. The molecule has 12 nitrogen and oxygen atoms in total. The lowest BCUT2D eigenvalue weighted by atomic mass is 10.1. The Morgan fingerprint density at radius 3 is 0.400 bits per heavy atom. The molecule has 0 unspecified atom stereocenters. The minimum atomic E-state index is -0.659. The summed E-state index contributed by atoms with van der Waals surface area (Å²) in [7, 11) is 1.45. The summed E-state index contributed by atoms with van der Waals surface area (Å²) >= 11 is 0. The number of rotatable bonds is 60. The highest BCUT2D eigenvalue weighted by molar-refractivity contribution is 5.69. The van der Waals surface area contributed by atoms with E-state index in [0.717, 1.165) is 70.6 Å². The fraction of sp³-hybridized carbons (Fsp3) is 0.918. The van der Waals surface area contributed by atoms with E-state index >= 15 is 0 Å². The van der Waals surface area contributed by atoms with Crippen LogP contribution in [0.25, 0.3) is 0 Å². The van der Waals surface area contributed by atoms with Crippen LogP contribution in [0.5, 0.6) is 0 Å². The molecule has 12 heteroatoms. The fourth-order valence-corrected chi connectivity index (χ4v) is 9.62. The van der Waals surface area contributed by atoms with E-state index in [0.29, 0.717) is 38.5 Å². The van der Waals surface area contributed by atoms with Gasteiger partial charge >= 0.3 is 35.8 Å². The van der Waals surface area contributed by atoms with Gasteiger partial charge < -0.3 is 30.3 Å². The summed E-state index contributed by atoms with van der Waals surface area (Å²) in [5, 5.41) is 42.1. The van der Waals surface area contributed by atoms with Crippen LogP contribution in [-0.2, 0) is 33.5 Å². The van der Waals surface area contributed by atoms with Crippen LogP contribution < -0.4 is 0 Å². The molecule has 0 aromatic carbocycles. The lowest BCUT2D eigenvalue weighted by Crippen LogP contribution is -1.99. The zero-order valence-corrected chi connectivity index (χ0v) is 57.5. The maximum absolute atomic E-state index is 10.8. The molecule has 85 heavy (non-hydrogen) atoms. The van der Waals surface area contributed by atoms with Gasteiger partial charge in [0.15, 0.2) is 0 Å². The molecule has 0 saturated heterocycles. The van der Waals surface area contributed by atoms with Crippen molar-refractivity contribution < 1.29 is 59.0 Å². The first-order valence-corrected chi connectivity index (χ1v) is 36.3. The van der Waals surface area contributed by atoms with Gasteiger partial charge in [0.1, 0.15) is 0 Å². The molecule has 0 amide bonds. The second-order valence-corrected chi connectivity index (χ2v) is 24.0. The number of ether oxygens (including phenoxy) is 1. The molecule has 510 valence electrons. The van der Waals surface area contributed by atoms with Crippen molar-refractivity contribution in [2.75, 3.05) is 7.11 Å². The smallest absolute Gasteiger partial charge is 0.305 e. The summed E-state index contributed by atoms with van der Waals surface area (Å²) in [4.78, 5) is 61.8. The lowest BCUT2D eigenvalue weighted by Gasteiger charge is -2.01. The van der Waals surface area contributed by atoms with Crippen molar-refractivity contribution in [2.24, 2.45) is 0 Å². The second kappa shape index (κ2) is 89.6. The molecule has 0 atom stereocenters. The Morgan fingerprint density at radius 1 is 0.188 bits per heavy atom. The van der Waals surface area contributed by atoms with Crippen LogP contribution in [-0.4, -0.2) is 68.5 Å². The molecule has 0 bridgehead atoms. The fourth-order valence-electron chi connectivity index (χ4n) is 9.62. The molecule has 0 aliphatic heterocycles. The molecule has 0 aliphatic rings. The van der Waals surface area contributed by atoms with E-state index in [1.54, 1.807) is 0 Å². The van der Waals surface area contributed by atoms with Crippen LogP contribution in [0.4, 0.5) is 0 Å². The van der Waals surface area contributed by atoms with Gasteiger partial charge in [0.2, 0.25) is 0 Å². The molecule has 0 heterocycles. The Kier molecular flexibility index (Phi) is 98.0. The molecule has 0 radical (unpaired) electrons. The molecule has 0 spiro atoms. The number of esters is 1. The number of carbonyl (C=O) groups excluding carboxylic acids is 1. The molecule has 5 N–H and O–H groups in total. The highest BCUT2D eigenvalue weighted by Crippen LogP contribution is 2.15. The minimum absolute atomic E-state index is 0.0713. The van der Waals surface area contributed by atoms with Crippen LogP contribution >= 0.6 is 0 Å². The van der Waals surface area contributed by atoms with Crippen LogP contribution in [0, 0.1) is 0 Å². The number of unbranched alkanes of at least 4 members (excludes halogenated alkanes) is 48. The lowest BCUT2D eigenvalue weighted by molar-refractivity contribution is -0.141. The summed E-state index contributed by atoms with van der Waals surface area (Å²) in [6, 6.07) is 0. The molecule has 0 aliphatic carbocycles. The van der Waals surface area contributed by atoms with Crippen molar-refractivity contribution in [1.29, 1.82) is 0 Å². The number of carbonyl (C=O) groups is 6. The molecule has 0 saturated carbocycles. The van der Waals surface area contributed by atoms with Gasteiger partial charge in [0, 0.05) is 38.5 Å². The van der Waals surface area contributed by atoms with Crippen molar-refractivity contribution in [1.82, 2.24) is 0 Å². The Balaban J connectivity index is -0.000000220. The first-order chi connectivity index (χ1) is 41.2. The van der Waals surface area contributed by atoms with Gasteiger partial charge in [-0.05, 0) is 38.5 Å². The Morgan fingerprint density at radius 2 is 0.294 bits per heavy atom. The quantitative estimate of drug-likeness (QED) is 0.0284. The zero-order valence-electron chi connectivity index (χ0n) is 57.5. The maximum atomic E-state index is 10.8. The largest absolute Gasteiger partial charge is 0.481 e. The number of hydrogen-bond donors (Lipinski definition) is 5. The third-order valence-corrected chi connectivity index (χ3v) is 15.2. The van der Waals surface area contributed by atoms with E-state index in [-0.39, 0.29) is 5.97 Å². The molecule has 0 aromatic heterocycles. The Labute approximate surface area is 526 Å². The maximum Gasteiger partial charge on any atom is 0.305 e. The van der Waals surface area contributed by atoms with Crippen molar-refractivity contribution in [3.05, 3.63) is 0 Å². The van der Waals surface area contributed by atoms with E-state index in [2.05, 4.69) is 46.3 Å². The van der Waals surface area contributed by atoms with E-state index in [1.807, 2.05) is 0 Å². The number of aliphatic carboxylic acids is 5. The predicted molar refractivity (Wildman–Crippen MR) is 361 cm³/mol. The second-order valence-electron chi connectivity index (χ2n) is 24.0. The summed E-state index contributed by atoms with van der Waals surface area (Å²) in [6.07, 6.45) is 69.6. The average Bonchev–Trinajstić information content (AvgIpc) is 3.47. The number of methoxy groups -OCH3 is 1. The molecular formula is C73H146O12. The predicted octanol–water partition coefficient (Wildman–Crippen LogP) is 24.0. The highest BCUT2D eigenvalue weighted by Gasteiger charge is 2.02. The van der Waals surface area contributed by atoms with Gasteiger partial charge in [-0.25, -0.2) is 0 Å². The van der Waals surface area contributed by atoms with Crippen LogP contribution in [0.1, 0.15) is 427 Å². The standard InChI is InChI=1S/C13H26O2.5C12H24O2/c1-3-4-5-6-7-8-9-10-11-12-13(14)15-2;5*1-2-3-4-5-6-7-8-9-10-11-12(13)14/h3-12H2,1-2H3;5*2-11H2,1H3,(H,13,14). The summed E-state index contributed by atoms with van der Waals surface area (Å²) in [5.74, 6) is -3.37. The molecular weight excluding hydrogens is 1070 g/mol. The molecule has 0 rings (SSSR count). The van der Waals surface area contributed by atoms with E-state index in [4.69, 9.17) is 25.5 Å². The molecule has 0 aromatic rings. The van der Waals surface area contributed by atoms with E-state index < -0.39 is 29.8 Å². The third kappa shape index (κ3) is 120. The summed E-state index contributed by atoms with van der Waals surface area (Å²) in [6.45, 7) is 13.4. The van der Waals surface area contributed by atoms with Gasteiger partial charge in [-0.2, -0.15) is 0 Å². The van der Waals surface area contributed by atoms with Gasteiger partial charge in [-0.15, -0.1) is 0 Å². The Bertz CT molecular complexity index is 1120. The number of carboxylic acids is 5. The SMILES string of the molecule is CCCCCCCCCCCC(=O)O.CCCCCCCCCCCC(=O)O.CCCCCCCCCCCC(=O)O.CCCCCCCCCCCC(=O)O.CCCCCCCCCCCC(=O)O.CCCCCCCCCCCC(=O)OC. The summed E-state index contributed by atoms with van der Waals surface area (Å²) < 4.78 is 4.58. The Hall–Kier alpha value is -3.18. The minimum Gasteiger partial charge on any atom is -0.481 e. The van der Waals surface area contributed by atoms with Gasteiger partial charge in [0.25, 0.3) is 0 Å². The average molecular weight is 1220 g/mol. The van der Waals surface area contributed by atoms with E-state index in [1.165, 1.54) is 283 Å². The topological polar surface area (TPSA) is 213 Å². The monoisotopic (exact) mass is 1220 g/mol. The van der Waals surface area contributed by atoms with Crippen molar-refractivity contribution in [3.8, 4) is 0 Å². The van der Waals surface area contributed by atoms with Gasteiger partial charge in [0.05, 0.1) is 7.11 Å². The van der Waals surface area contributed by atoms with Crippen LogP contribution in [0.2, 0.25) is 0 Å². The van der Waals surface area contributed by atoms with E-state index in [9.17, 15) is 28.8 Å². The van der Waals surface area contributed by atoms with Crippen LogP contribution in [0.3, 0.4) is 0 Å². The van der Waals surface area contributed by atoms with Crippen molar-refractivity contribution in [3.63, 3.8) is 0 Å². The molecule has 0 fully saturated rings. The highest BCUT2D eigenvalue weighted by atomic mass is 16.5. The van der Waals surface area contributed by atoms with Gasteiger partial charge in [-0.1, -0.05) is 350 Å². The first-order valence-electron chi connectivity index (χ1n) is 36.3. The third-order valence-electron chi connectivity index (χ3n) is 15.2.